The number of hydrogen-bond acceptors (Lipinski definition) is 2. The van der Waals surface area contributed by atoms with E-state index in [1.165, 1.54) is 6.07 Å². The van der Waals surface area contributed by atoms with E-state index in [0.29, 0.717) is 12.0 Å². The van der Waals surface area contributed by atoms with Crippen molar-refractivity contribution in [3.05, 3.63) is 35.6 Å². The second kappa shape index (κ2) is 5.15. The molecule has 0 saturated carbocycles. The van der Waals surface area contributed by atoms with Crippen LogP contribution in [-0.4, -0.2) is 24.0 Å². The average molecular weight is 236 g/mol. The number of likely N-dealkylation sites (tertiary alicyclic amines) is 1. The highest BCUT2D eigenvalue weighted by Gasteiger charge is 2.31. The predicted octanol–water partition coefficient (Wildman–Crippen LogP) is 2.56. The van der Waals surface area contributed by atoms with Crippen molar-refractivity contribution in [1.82, 2.24) is 4.90 Å². The van der Waals surface area contributed by atoms with Gasteiger partial charge in [0.05, 0.1) is 0 Å². The first-order valence-electron chi connectivity index (χ1n) is 6.37. The third-order valence-electron chi connectivity index (χ3n) is 3.76. The smallest absolute Gasteiger partial charge is 0.123 e. The van der Waals surface area contributed by atoms with E-state index < -0.39 is 0 Å². The van der Waals surface area contributed by atoms with Crippen molar-refractivity contribution >= 4 is 0 Å². The highest BCUT2D eigenvalue weighted by Crippen LogP contribution is 2.29. The molecule has 1 aliphatic heterocycles. The molecule has 0 amide bonds. The summed E-state index contributed by atoms with van der Waals surface area (Å²) in [5.74, 6) is 0.370. The molecule has 94 valence electrons. The van der Waals surface area contributed by atoms with E-state index in [9.17, 15) is 4.39 Å². The topological polar surface area (TPSA) is 29.3 Å². The quantitative estimate of drug-likeness (QED) is 0.874. The van der Waals surface area contributed by atoms with Gasteiger partial charge in [0.15, 0.2) is 0 Å². The molecule has 0 spiro atoms. The van der Waals surface area contributed by atoms with Gasteiger partial charge in [0.1, 0.15) is 5.82 Å². The van der Waals surface area contributed by atoms with Crippen LogP contribution in [0.4, 0.5) is 4.39 Å². The van der Waals surface area contributed by atoms with Crippen LogP contribution >= 0.6 is 0 Å². The summed E-state index contributed by atoms with van der Waals surface area (Å²) in [6.45, 7) is 6.25. The Labute approximate surface area is 103 Å². The van der Waals surface area contributed by atoms with Crippen molar-refractivity contribution in [1.29, 1.82) is 0 Å². The second-order valence-corrected chi connectivity index (χ2v) is 5.07. The lowest BCUT2D eigenvalue weighted by atomic mass is 10.0. The molecule has 17 heavy (non-hydrogen) atoms. The fourth-order valence-corrected chi connectivity index (χ4v) is 2.70. The normalized spacial score (nSPS) is 27.3. The molecule has 3 heteroatoms. The molecule has 1 saturated heterocycles. The van der Waals surface area contributed by atoms with Gasteiger partial charge in [-0.15, -0.1) is 0 Å². The number of benzene rings is 1. The van der Waals surface area contributed by atoms with Gasteiger partial charge < -0.3 is 5.73 Å². The van der Waals surface area contributed by atoms with E-state index in [0.717, 1.165) is 25.1 Å². The van der Waals surface area contributed by atoms with Crippen molar-refractivity contribution < 1.29 is 4.39 Å². The van der Waals surface area contributed by atoms with Gasteiger partial charge in [0.2, 0.25) is 0 Å². The van der Waals surface area contributed by atoms with Gasteiger partial charge in [-0.3, -0.25) is 4.90 Å². The minimum absolute atomic E-state index is 0.155. The Morgan fingerprint density at radius 1 is 1.47 bits per heavy atom. The molecule has 0 aromatic heterocycles. The predicted molar refractivity (Wildman–Crippen MR) is 68.1 cm³/mol. The lowest BCUT2D eigenvalue weighted by Gasteiger charge is -2.27. The molecule has 2 nitrogen and oxygen atoms in total. The summed E-state index contributed by atoms with van der Waals surface area (Å²) < 4.78 is 13.3. The highest BCUT2D eigenvalue weighted by atomic mass is 19.1. The fraction of sp³-hybridized carbons (Fsp3) is 0.571. The summed E-state index contributed by atoms with van der Waals surface area (Å²) in [6, 6.07) is 7.47. The van der Waals surface area contributed by atoms with E-state index in [2.05, 4.69) is 18.7 Å². The van der Waals surface area contributed by atoms with Crippen LogP contribution in [0.5, 0.6) is 0 Å². The monoisotopic (exact) mass is 236 g/mol. The molecule has 0 radical (unpaired) electrons. The van der Waals surface area contributed by atoms with E-state index in [-0.39, 0.29) is 11.9 Å². The zero-order valence-corrected chi connectivity index (χ0v) is 10.6. The first-order chi connectivity index (χ1) is 8.11. The van der Waals surface area contributed by atoms with Gasteiger partial charge in [0, 0.05) is 25.2 Å². The van der Waals surface area contributed by atoms with E-state index >= 15 is 0 Å². The van der Waals surface area contributed by atoms with E-state index in [4.69, 9.17) is 5.73 Å². The van der Waals surface area contributed by atoms with Crippen LogP contribution in [0, 0.1) is 11.7 Å². The summed E-state index contributed by atoms with van der Waals surface area (Å²) in [6.07, 6.45) is 0.989. The standard InChI is InChI=1S/C14H21FN2/c1-3-14(11-5-4-6-12(15)7-11)17-8-10(2)13(16)9-17/h4-7,10,13-14H,3,8-9,16H2,1-2H3. The van der Waals surface area contributed by atoms with Crippen molar-refractivity contribution in [3.8, 4) is 0 Å². The van der Waals surface area contributed by atoms with Crippen molar-refractivity contribution in [2.45, 2.75) is 32.4 Å². The van der Waals surface area contributed by atoms with Crippen molar-refractivity contribution in [2.24, 2.45) is 11.7 Å². The molecule has 0 bridgehead atoms. The Kier molecular flexibility index (Phi) is 3.79. The van der Waals surface area contributed by atoms with E-state index in [1.807, 2.05) is 6.07 Å². The largest absolute Gasteiger partial charge is 0.326 e. The molecular formula is C14H21FN2. The molecule has 1 heterocycles. The molecule has 1 fully saturated rings. The maximum absolute atomic E-state index is 13.3. The number of rotatable bonds is 3. The number of hydrogen-bond donors (Lipinski definition) is 1. The summed E-state index contributed by atoms with van der Waals surface area (Å²) in [7, 11) is 0. The third-order valence-corrected chi connectivity index (χ3v) is 3.76. The molecule has 1 aromatic carbocycles. The fourth-order valence-electron chi connectivity index (χ4n) is 2.70. The number of halogens is 1. The third kappa shape index (κ3) is 2.67. The lowest BCUT2D eigenvalue weighted by Crippen LogP contribution is -2.30. The summed E-state index contributed by atoms with van der Waals surface area (Å²) in [5, 5.41) is 0. The van der Waals surface area contributed by atoms with Gasteiger partial charge in [0.25, 0.3) is 0 Å². The zero-order chi connectivity index (χ0) is 12.4. The van der Waals surface area contributed by atoms with Crippen LogP contribution in [-0.2, 0) is 0 Å². The molecule has 1 aromatic rings. The average Bonchev–Trinajstić information content (AvgIpc) is 2.60. The molecule has 3 unspecified atom stereocenters. The number of nitrogens with zero attached hydrogens (tertiary/aromatic N) is 1. The SMILES string of the molecule is CCC(c1cccc(F)c1)N1CC(C)C(N)C1. The maximum atomic E-state index is 13.3. The Hall–Kier alpha value is -0.930. The van der Waals surface area contributed by atoms with Crippen LogP contribution in [0.15, 0.2) is 24.3 Å². The van der Waals surface area contributed by atoms with Crippen LogP contribution in [0.25, 0.3) is 0 Å². The van der Waals surface area contributed by atoms with E-state index in [1.54, 1.807) is 12.1 Å². The lowest BCUT2D eigenvalue weighted by molar-refractivity contribution is 0.230. The van der Waals surface area contributed by atoms with Gasteiger partial charge in [-0.1, -0.05) is 26.0 Å². The Morgan fingerprint density at radius 3 is 2.76 bits per heavy atom. The molecule has 3 atom stereocenters. The Balaban J connectivity index is 2.17. The molecule has 1 aliphatic rings. The zero-order valence-electron chi connectivity index (χ0n) is 10.6. The molecule has 0 aliphatic carbocycles. The van der Waals surface area contributed by atoms with Crippen LogP contribution < -0.4 is 5.73 Å². The summed E-state index contributed by atoms with van der Waals surface area (Å²) >= 11 is 0. The highest BCUT2D eigenvalue weighted by molar-refractivity contribution is 5.20. The van der Waals surface area contributed by atoms with Crippen LogP contribution in [0.2, 0.25) is 0 Å². The summed E-state index contributed by atoms with van der Waals surface area (Å²) in [5.41, 5.74) is 7.12. The Bertz CT molecular complexity index is 370. The van der Waals surface area contributed by atoms with Crippen LogP contribution in [0.3, 0.4) is 0 Å². The molecular weight excluding hydrogens is 215 g/mol. The minimum Gasteiger partial charge on any atom is -0.326 e. The van der Waals surface area contributed by atoms with Gasteiger partial charge >= 0.3 is 0 Å². The number of nitrogens with two attached hydrogens (primary N) is 1. The first kappa shape index (κ1) is 12.5. The van der Waals surface area contributed by atoms with Gasteiger partial charge in [-0.25, -0.2) is 4.39 Å². The second-order valence-electron chi connectivity index (χ2n) is 5.07. The van der Waals surface area contributed by atoms with Crippen molar-refractivity contribution in [3.63, 3.8) is 0 Å². The minimum atomic E-state index is -0.155. The molecule has 2 N–H and O–H groups in total. The van der Waals surface area contributed by atoms with Gasteiger partial charge in [-0.05, 0) is 30.0 Å². The van der Waals surface area contributed by atoms with Crippen molar-refractivity contribution in [2.75, 3.05) is 13.1 Å². The maximum Gasteiger partial charge on any atom is 0.123 e. The van der Waals surface area contributed by atoms with Gasteiger partial charge in [-0.2, -0.15) is 0 Å². The summed E-state index contributed by atoms with van der Waals surface area (Å²) in [4.78, 5) is 2.38. The molecule has 2 rings (SSSR count). The van der Waals surface area contributed by atoms with Crippen LogP contribution in [0.1, 0.15) is 31.9 Å². The first-order valence-corrected chi connectivity index (χ1v) is 6.37. The Morgan fingerprint density at radius 2 is 2.24 bits per heavy atom.